The third-order valence-electron chi connectivity index (χ3n) is 3.72. The number of nitriles is 2. The smallest absolute Gasteiger partial charge is 0.243 e. The summed E-state index contributed by atoms with van der Waals surface area (Å²) < 4.78 is 0. The van der Waals surface area contributed by atoms with Crippen molar-refractivity contribution in [2.45, 2.75) is 39.3 Å². The Morgan fingerprint density at radius 3 is 2.45 bits per heavy atom. The Morgan fingerprint density at radius 2 is 1.95 bits per heavy atom. The van der Waals surface area contributed by atoms with Gasteiger partial charge in [0.1, 0.15) is 5.54 Å². The Balaban J connectivity index is 3.01. The van der Waals surface area contributed by atoms with Crippen LogP contribution in [0.1, 0.15) is 33.3 Å². The molecule has 0 radical (unpaired) electrons. The minimum absolute atomic E-state index is 0.0940. The molecule has 0 N–H and O–H groups in total. The molecule has 0 saturated carbocycles. The quantitative estimate of drug-likeness (QED) is 0.837. The van der Waals surface area contributed by atoms with Gasteiger partial charge >= 0.3 is 0 Å². The van der Waals surface area contributed by atoms with Crippen LogP contribution in [0.15, 0.2) is 24.3 Å². The number of hydrogen-bond acceptors (Lipinski definition) is 4. The molecule has 1 aromatic carbocycles. The predicted molar refractivity (Wildman–Crippen MR) is 86.1 cm³/mol. The molecule has 1 amide bonds. The van der Waals surface area contributed by atoms with Crippen LogP contribution in [0.5, 0.6) is 0 Å². The molecule has 0 aliphatic carbocycles. The van der Waals surface area contributed by atoms with Gasteiger partial charge in [-0.1, -0.05) is 6.07 Å². The molecule has 0 saturated heterocycles. The maximum Gasteiger partial charge on any atom is 0.243 e. The zero-order chi connectivity index (χ0) is 16.9. The molecular weight excluding hydrogens is 276 g/mol. The summed E-state index contributed by atoms with van der Waals surface area (Å²) in [4.78, 5) is 15.8. The number of carbonyl (C=O) groups excluding carboxylic acids is 1. The van der Waals surface area contributed by atoms with Crippen LogP contribution in [0, 0.1) is 22.7 Å². The third kappa shape index (κ3) is 3.99. The largest absolute Gasteiger partial charge is 0.360 e. The van der Waals surface area contributed by atoms with Gasteiger partial charge in [-0.3, -0.25) is 4.79 Å². The van der Waals surface area contributed by atoms with Crippen LogP contribution < -0.4 is 4.90 Å². The van der Waals surface area contributed by atoms with E-state index in [1.807, 2.05) is 24.8 Å². The van der Waals surface area contributed by atoms with Gasteiger partial charge < -0.3 is 9.80 Å². The summed E-state index contributed by atoms with van der Waals surface area (Å²) >= 11 is 0. The zero-order valence-electron chi connectivity index (χ0n) is 13.8. The van der Waals surface area contributed by atoms with Gasteiger partial charge in [-0.25, -0.2) is 0 Å². The first kappa shape index (κ1) is 17.5. The molecule has 0 fully saturated rings. The molecule has 1 rings (SSSR count). The molecule has 5 heteroatoms. The molecule has 5 nitrogen and oxygen atoms in total. The van der Waals surface area contributed by atoms with Gasteiger partial charge in [-0.05, 0) is 45.9 Å². The highest BCUT2D eigenvalue weighted by Crippen LogP contribution is 2.20. The van der Waals surface area contributed by atoms with Crippen LogP contribution in [-0.4, -0.2) is 36.0 Å². The van der Waals surface area contributed by atoms with E-state index in [1.165, 1.54) is 4.90 Å². The van der Waals surface area contributed by atoms with E-state index in [2.05, 4.69) is 12.1 Å². The second kappa shape index (κ2) is 6.95. The number of carbonyl (C=O) groups is 1. The molecule has 0 bridgehead atoms. The van der Waals surface area contributed by atoms with Crippen LogP contribution in [-0.2, 0) is 4.79 Å². The number of benzene rings is 1. The monoisotopic (exact) mass is 298 g/mol. The Kier molecular flexibility index (Phi) is 5.54. The second-order valence-corrected chi connectivity index (χ2v) is 6.01. The normalized spacial score (nSPS) is 10.7. The van der Waals surface area contributed by atoms with Gasteiger partial charge in [-0.15, -0.1) is 0 Å². The molecule has 0 aromatic heterocycles. The fourth-order valence-electron chi connectivity index (χ4n) is 1.96. The summed E-state index contributed by atoms with van der Waals surface area (Å²) in [6, 6.07) is 11.5. The summed E-state index contributed by atoms with van der Waals surface area (Å²) in [5.74, 6) is -0.136. The molecule has 22 heavy (non-hydrogen) atoms. The van der Waals surface area contributed by atoms with E-state index in [1.54, 1.807) is 39.1 Å². The van der Waals surface area contributed by atoms with Crippen LogP contribution in [0.3, 0.4) is 0 Å². The van der Waals surface area contributed by atoms with Crippen molar-refractivity contribution in [2.75, 3.05) is 18.5 Å². The maximum absolute atomic E-state index is 12.5. The van der Waals surface area contributed by atoms with Crippen LogP contribution in [0.25, 0.3) is 0 Å². The Morgan fingerprint density at radius 1 is 1.32 bits per heavy atom. The van der Waals surface area contributed by atoms with Crippen LogP contribution in [0.2, 0.25) is 0 Å². The van der Waals surface area contributed by atoms with E-state index in [-0.39, 0.29) is 18.5 Å². The molecule has 116 valence electrons. The maximum atomic E-state index is 12.5. The number of likely N-dealkylation sites (N-methyl/N-ethyl adjacent to an activating group) is 1. The van der Waals surface area contributed by atoms with Crippen molar-refractivity contribution in [3.63, 3.8) is 0 Å². The standard InChI is InChI=1S/C17H22N4O/c1-13(2)21(15-8-6-7-14(9-15)10-18)11-16(22)20(5)17(3,4)12-19/h6-9,13H,11H2,1-5H3. The lowest BCUT2D eigenvalue weighted by molar-refractivity contribution is -0.131. The van der Waals surface area contributed by atoms with Crippen molar-refractivity contribution < 1.29 is 4.79 Å². The summed E-state index contributed by atoms with van der Waals surface area (Å²) in [6.07, 6.45) is 0. The van der Waals surface area contributed by atoms with Crippen molar-refractivity contribution in [1.82, 2.24) is 4.90 Å². The van der Waals surface area contributed by atoms with E-state index < -0.39 is 5.54 Å². The van der Waals surface area contributed by atoms with Gasteiger partial charge in [0.2, 0.25) is 5.91 Å². The molecule has 0 spiro atoms. The van der Waals surface area contributed by atoms with Crippen LogP contribution >= 0.6 is 0 Å². The zero-order valence-corrected chi connectivity index (χ0v) is 13.8. The summed E-state index contributed by atoms with van der Waals surface area (Å²) in [6.45, 7) is 7.56. The first-order valence-corrected chi connectivity index (χ1v) is 7.17. The summed E-state index contributed by atoms with van der Waals surface area (Å²) in [5.41, 5.74) is 0.528. The molecular formula is C17H22N4O. The van der Waals surface area contributed by atoms with Crippen LogP contribution in [0.4, 0.5) is 5.69 Å². The van der Waals surface area contributed by atoms with Crippen molar-refractivity contribution in [3.8, 4) is 12.1 Å². The molecule has 0 aliphatic heterocycles. The minimum atomic E-state index is -0.853. The van der Waals surface area contributed by atoms with Gasteiger partial charge in [-0.2, -0.15) is 10.5 Å². The average molecular weight is 298 g/mol. The Hall–Kier alpha value is -2.53. The minimum Gasteiger partial charge on any atom is -0.360 e. The van der Waals surface area contributed by atoms with Crippen molar-refractivity contribution >= 4 is 11.6 Å². The molecule has 0 aliphatic rings. The van der Waals surface area contributed by atoms with E-state index in [4.69, 9.17) is 10.5 Å². The van der Waals surface area contributed by atoms with Crippen molar-refractivity contribution in [1.29, 1.82) is 10.5 Å². The Bertz CT molecular complexity index is 622. The van der Waals surface area contributed by atoms with Crippen molar-refractivity contribution in [2.24, 2.45) is 0 Å². The van der Waals surface area contributed by atoms with E-state index >= 15 is 0 Å². The van der Waals surface area contributed by atoms with E-state index in [0.717, 1.165) is 5.69 Å². The summed E-state index contributed by atoms with van der Waals surface area (Å²) in [5, 5.41) is 18.2. The number of anilines is 1. The van der Waals surface area contributed by atoms with E-state index in [0.29, 0.717) is 5.56 Å². The molecule has 0 atom stereocenters. The van der Waals surface area contributed by atoms with Gasteiger partial charge in [0.25, 0.3) is 0 Å². The average Bonchev–Trinajstić information content (AvgIpc) is 2.51. The lowest BCUT2D eigenvalue weighted by Crippen LogP contribution is -2.49. The first-order chi connectivity index (χ1) is 10.2. The molecule has 1 aromatic rings. The fourth-order valence-corrected chi connectivity index (χ4v) is 1.96. The van der Waals surface area contributed by atoms with Gasteiger partial charge in [0.05, 0.1) is 24.2 Å². The highest BCUT2D eigenvalue weighted by molar-refractivity contribution is 5.82. The summed E-state index contributed by atoms with van der Waals surface area (Å²) in [7, 11) is 1.63. The van der Waals surface area contributed by atoms with Gasteiger partial charge in [0, 0.05) is 18.8 Å². The lowest BCUT2D eigenvalue weighted by Gasteiger charge is -2.34. The van der Waals surface area contributed by atoms with Crippen molar-refractivity contribution in [3.05, 3.63) is 29.8 Å². The van der Waals surface area contributed by atoms with E-state index in [9.17, 15) is 4.79 Å². The number of nitrogens with zero attached hydrogens (tertiary/aromatic N) is 4. The third-order valence-corrected chi connectivity index (χ3v) is 3.72. The highest BCUT2D eigenvalue weighted by Gasteiger charge is 2.28. The molecule has 0 unspecified atom stereocenters. The molecule has 0 heterocycles. The lowest BCUT2D eigenvalue weighted by atomic mass is 10.1. The Labute approximate surface area is 132 Å². The first-order valence-electron chi connectivity index (χ1n) is 7.17. The number of amides is 1. The van der Waals surface area contributed by atoms with Gasteiger partial charge in [0.15, 0.2) is 0 Å². The highest BCUT2D eigenvalue weighted by atomic mass is 16.2. The predicted octanol–water partition coefficient (Wildman–Crippen LogP) is 2.53. The fraction of sp³-hybridized carbons (Fsp3) is 0.471. The number of rotatable bonds is 5. The second-order valence-electron chi connectivity index (χ2n) is 6.01. The number of hydrogen-bond donors (Lipinski definition) is 0. The topological polar surface area (TPSA) is 71.1 Å². The SMILES string of the molecule is CC(C)N(CC(=O)N(C)C(C)(C)C#N)c1cccc(C#N)c1.